The number of imide groups is 1. The smallest absolute Gasteiger partial charge is 0.308 e. The molecule has 0 saturated carbocycles. The molecule has 0 aliphatic carbocycles. The van der Waals surface area contributed by atoms with E-state index in [2.05, 4.69) is 5.32 Å². The third-order valence-corrected chi connectivity index (χ3v) is 4.74. The highest BCUT2D eigenvalue weighted by atomic mass is 16.6. The number of carbonyl (C=O) groups excluding carboxylic acids is 4. The van der Waals surface area contributed by atoms with Gasteiger partial charge >= 0.3 is 5.97 Å². The van der Waals surface area contributed by atoms with Crippen molar-refractivity contribution in [2.24, 2.45) is 0 Å². The number of nitrogens with zero attached hydrogens (tertiary/aromatic N) is 2. The van der Waals surface area contributed by atoms with E-state index in [9.17, 15) is 29.3 Å². The first-order valence-corrected chi connectivity index (χ1v) is 9.35. The molecule has 1 N–H and O–H groups in total. The molecule has 1 aliphatic heterocycles. The second-order valence-corrected chi connectivity index (χ2v) is 7.00. The van der Waals surface area contributed by atoms with Crippen molar-refractivity contribution in [1.29, 1.82) is 0 Å². The number of anilines is 1. The molecule has 1 aliphatic rings. The number of nitro groups is 1. The third kappa shape index (κ3) is 4.58. The van der Waals surface area contributed by atoms with Crippen molar-refractivity contribution in [2.75, 3.05) is 18.5 Å². The molecule has 31 heavy (non-hydrogen) atoms. The number of para-hydroxylation sites is 1. The van der Waals surface area contributed by atoms with Crippen molar-refractivity contribution >= 4 is 35.1 Å². The van der Waals surface area contributed by atoms with Crippen LogP contribution in [-0.4, -0.2) is 46.7 Å². The van der Waals surface area contributed by atoms with E-state index >= 15 is 0 Å². The largest absolute Gasteiger partial charge is 0.456 e. The van der Waals surface area contributed by atoms with E-state index in [1.165, 1.54) is 12.1 Å². The first kappa shape index (κ1) is 21.6. The van der Waals surface area contributed by atoms with E-state index in [4.69, 9.17) is 4.74 Å². The van der Waals surface area contributed by atoms with Crippen molar-refractivity contribution in [2.45, 2.75) is 20.3 Å². The van der Waals surface area contributed by atoms with Crippen LogP contribution in [0.1, 0.15) is 38.3 Å². The molecule has 0 unspecified atom stereocenters. The van der Waals surface area contributed by atoms with Crippen LogP contribution >= 0.6 is 0 Å². The lowest BCUT2D eigenvalue weighted by Crippen LogP contribution is -2.32. The summed E-state index contributed by atoms with van der Waals surface area (Å²) >= 11 is 0. The van der Waals surface area contributed by atoms with Crippen LogP contribution in [0.4, 0.5) is 11.4 Å². The third-order valence-electron chi connectivity index (χ3n) is 4.74. The predicted molar refractivity (Wildman–Crippen MR) is 109 cm³/mol. The summed E-state index contributed by atoms with van der Waals surface area (Å²) in [7, 11) is 0. The van der Waals surface area contributed by atoms with Crippen LogP contribution in [0, 0.1) is 24.0 Å². The fraction of sp³-hybridized carbons (Fsp3) is 0.238. The van der Waals surface area contributed by atoms with E-state index in [1.807, 2.05) is 0 Å². The zero-order chi connectivity index (χ0) is 22.7. The molecule has 3 amide bonds. The van der Waals surface area contributed by atoms with E-state index < -0.39 is 35.2 Å². The highest BCUT2D eigenvalue weighted by molar-refractivity contribution is 6.21. The minimum absolute atomic E-state index is 0.0230. The summed E-state index contributed by atoms with van der Waals surface area (Å²) in [5.41, 5.74) is 1.63. The summed E-state index contributed by atoms with van der Waals surface area (Å²) in [5.74, 6) is -2.51. The lowest BCUT2D eigenvalue weighted by Gasteiger charge is -2.13. The van der Waals surface area contributed by atoms with Gasteiger partial charge in [0.05, 0.1) is 22.5 Å². The average Bonchev–Trinajstić information content (AvgIpc) is 2.95. The number of fused-ring (bicyclic) bond motifs is 1. The predicted octanol–water partition coefficient (Wildman–Crippen LogP) is 2.38. The summed E-state index contributed by atoms with van der Waals surface area (Å²) < 4.78 is 4.87. The summed E-state index contributed by atoms with van der Waals surface area (Å²) in [6.07, 6.45) is -0.289. The van der Waals surface area contributed by atoms with Gasteiger partial charge in [-0.2, -0.15) is 0 Å². The zero-order valence-corrected chi connectivity index (χ0v) is 16.8. The van der Waals surface area contributed by atoms with Gasteiger partial charge in [0.1, 0.15) is 5.69 Å². The van der Waals surface area contributed by atoms with Gasteiger partial charge in [-0.3, -0.25) is 34.2 Å². The normalized spacial score (nSPS) is 12.5. The van der Waals surface area contributed by atoms with Crippen LogP contribution in [-0.2, 0) is 14.3 Å². The molecule has 0 fully saturated rings. The van der Waals surface area contributed by atoms with Gasteiger partial charge in [0.15, 0.2) is 6.61 Å². The van der Waals surface area contributed by atoms with Crippen molar-refractivity contribution in [3.63, 3.8) is 0 Å². The van der Waals surface area contributed by atoms with Crippen molar-refractivity contribution in [3.05, 3.63) is 68.8 Å². The van der Waals surface area contributed by atoms with Gasteiger partial charge in [0.2, 0.25) is 0 Å². The second-order valence-electron chi connectivity index (χ2n) is 7.00. The van der Waals surface area contributed by atoms with Gasteiger partial charge in [-0.1, -0.05) is 23.8 Å². The summed E-state index contributed by atoms with van der Waals surface area (Å²) in [5, 5.41) is 13.5. The lowest BCUT2D eigenvalue weighted by atomic mass is 10.1. The molecule has 160 valence electrons. The number of ether oxygens (including phenoxy) is 1. The van der Waals surface area contributed by atoms with Crippen LogP contribution in [0.25, 0.3) is 0 Å². The summed E-state index contributed by atoms with van der Waals surface area (Å²) in [6.45, 7) is 2.55. The number of hydrogen-bond donors (Lipinski definition) is 1. The molecule has 0 saturated heterocycles. The van der Waals surface area contributed by atoms with Crippen molar-refractivity contribution in [1.82, 2.24) is 4.90 Å². The lowest BCUT2D eigenvalue weighted by molar-refractivity contribution is -0.384. The second kappa shape index (κ2) is 8.74. The molecule has 2 aromatic carbocycles. The summed E-state index contributed by atoms with van der Waals surface area (Å²) in [4.78, 5) is 60.2. The van der Waals surface area contributed by atoms with Crippen LogP contribution in [0.15, 0.2) is 36.4 Å². The van der Waals surface area contributed by atoms with Gasteiger partial charge < -0.3 is 10.1 Å². The Kier molecular flexibility index (Phi) is 6.10. The van der Waals surface area contributed by atoms with E-state index in [0.29, 0.717) is 5.56 Å². The Bertz CT molecular complexity index is 1110. The van der Waals surface area contributed by atoms with Gasteiger partial charge in [-0.25, -0.2) is 0 Å². The van der Waals surface area contributed by atoms with Gasteiger partial charge in [-0.15, -0.1) is 0 Å². The number of carbonyl (C=O) groups is 4. The Morgan fingerprint density at radius 2 is 1.81 bits per heavy atom. The molecular weight excluding hydrogens is 406 g/mol. The number of nitrogens with one attached hydrogen (secondary N) is 1. The molecule has 3 rings (SSSR count). The fourth-order valence-electron chi connectivity index (χ4n) is 3.17. The number of aryl methyl sites for hydroxylation is 2. The minimum Gasteiger partial charge on any atom is -0.456 e. The molecule has 10 heteroatoms. The topological polar surface area (TPSA) is 136 Å². The first-order valence-electron chi connectivity index (χ1n) is 9.35. The zero-order valence-electron chi connectivity index (χ0n) is 16.8. The Hall–Kier alpha value is -4.08. The van der Waals surface area contributed by atoms with Gasteiger partial charge in [-0.05, 0) is 31.5 Å². The maximum absolute atomic E-state index is 12.4. The number of hydrogen-bond acceptors (Lipinski definition) is 7. The average molecular weight is 425 g/mol. The fourth-order valence-corrected chi connectivity index (χ4v) is 3.17. The van der Waals surface area contributed by atoms with Crippen LogP contribution in [0.3, 0.4) is 0 Å². The van der Waals surface area contributed by atoms with Crippen LogP contribution < -0.4 is 5.32 Å². The molecule has 0 bridgehead atoms. The Labute approximate surface area is 176 Å². The molecule has 0 spiro atoms. The van der Waals surface area contributed by atoms with Gasteiger partial charge in [0, 0.05) is 12.6 Å². The maximum atomic E-state index is 12.4. The number of rotatable bonds is 7. The molecule has 0 atom stereocenters. The highest BCUT2D eigenvalue weighted by Gasteiger charge is 2.35. The minimum atomic E-state index is -0.790. The highest BCUT2D eigenvalue weighted by Crippen LogP contribution is 2.27. The molecular formula is C21H19N3O7. The van der Waals surface area contributed by atoms with E-state index in [0.717, 1.165) is 10.5 Å². The molecule has 2 aromatic rings. The van der Waals surface area contributed by atoms with Crippen molar-refractivity contribution < 1.29 is 28.8 Å². The molecule has 0 aromatic heterocycles. The van der Waals surface area contributed by atoms with E-state index in [1.54, 1.807) is 38.1 Å². The maximum Gasteiger partial charge on any atom is 0.308 e. The molecule has 1 heterocycles. The molecule has 0 radical (unpaired) electrons. The SMILES string of the molecule is Cc1ccc2c(c1)C(=O)N(CCC(=O)OCC(=O)Nc1c(C)cccc1[N+](=O)[O-])C2=O. The van der Waals surface area contributed by atoms with Crippen LogP contribution in [0.5, 0.6) is 0 Å². The van der Waals surface area contributed by atoms with Crippen molar-refractivity contribution in [3.8, 4) is 0 Å². The number of nitro benzene ring substituents is 1. The number of benzene rings is 2. The van der Waals surface area contributed by atoms with Crippen LogP contribution in [0.2, 0.25) is 0 Å². The standard InChI is InChI=1S/C21H19N3O7/c1-12-6-7-14-15(10-12)21(28)23(20(14)27)9-8-18(26)31-11-17(25)22-19-13(2)4-3-5-16(19)24(29)30/h3-7,10H,8-9,11H2,1-2H3,(H,22,25). The molecule has 10 nitrogen and oxygen atoms in total. The monoisotopic (exact) mass is 425 g/mol. The quantitative estimate of drug-likeness (QED) is 0.311. The first-order chi connectivity index (χ1) is 14.7. The van der Waals surface area contributed by atoms with Gasteiger partial charge in [0.25, 0.3) is 23.4 Å². The Morgan fingerprint density at radius 3 is 2.52 bits per heavy atom. The Balaban J connectivity index is 1.53. The number of amides is 3. The summed E-state index contributed by atoms with van der Waals surface area (Å²) in [6, 6.07) is 9.24. The van der Waals surface area contributed by atoms with E-state index in [-0.39, 0.29) is 35.5 Å². The Morgan fingerprint density at radius 1 is 1.10 bits per heavy atom. The number of esters is 1.